The number of tetrazole rings is 1. The predicted molar refractivity (Wildman–Crippen MR) is 137 cm³/mol. The summed E-state index contributed by atoms with van der Waals surface area (Å²) in [7, 11) is 3.39. The van der Waals surface area contributed by atoms with E-state index in [2.05, 4.69) is 20.8 Å². The summed E-state index contributed by atoms with van der Waals surface area (Å²) in [5.74, 6) is 0.990. The topological polar surface area (TPSA) is 99.8 Å². The zero-order chi connectivity index (χ0) is 25.6. The van der Waals surface area contributed by atoms with Gasteiger partial charge in [-0.05, 0) is 85.5 Å². The highest BCUT2D eigenvalue weighted by atomic mass is 35.5. The zero-order valence-corrected chi connectivity index (χ0v) is 21.9. The molecule has 0 saturated carbocycles. The van der Waals surface area contributed by atoms with Crippen LogP contribution in [0.15, 0.2) is 36.4 Å². The fraction of sp³-hybridized carbons (Fsp3) is 0.320. The third-order valence-corrected chi connectivity index (χ3v) is 6.92. The van der Waals surface area contributed by atoms with E-state index in [1.807, 2.05) is 38.1 Å². The monoisotopic (exact) mass is 525 g/mol. The summed E-state index contributed by atoms with van der Waals surface area (Å²) in [6, 6.07) is 11.2. The number of nitrogens with one attached hydrogen (secondary N) is 1. The number of carbonyl (C=O) groups is 1. The Hall–Kier alpha value is -3.43. The Balaban J connectivity index is 1.68. The summed E-state index contributed by atoms with van der Waals surface area (Å²) in [5, 5.41) is 20.5. The molecular weight excluding hydrogens is 501 g/mol. The number of nitrogens with zero attached hydrogens (tertiary/aromatic N) is 6. The standard InChI is InChI=1S/C25H25Cl2N7O2/c1-25(2,24-29-31-32-33(24)3)28-23(35)21-18-7-5-6-14-12-16(36-4)9-10-17(14)22(18)34(30-21)20-11-8-15(26)13-19(20)27/h8-13H,5-7H2,1-4H3,(H,28,35). The summed E-state index contributed by atoms with van der Waals surface area (Å²) in [6.45, 7) is 3.70. The molecule has 0 fully saturated rings. The van der Waals surface area contributed by atoms with Crippen LogP contribution in [-0.4, -0.2) is 43.0 Å². The van der Waals surface area contributed by atoms with Crippen LogP contribution in [0, 0.1) is 0 Å². The van der Waals surface area contributed by atoms with Crippen molar-refractivity contribution in [3.05, 3.63) is 69.1 Å². The second-order valence-corrected chi connectivity index (χ2v) is 10.1. The number of halogens is 2. The van der Waals surface area contributed by atoms with Crippen LogP contribution in [0.3, 0.4) is 0 Å². The summed E-state index contributed by atoms with van der Waals surface area (Å²) >= 11 is 12.8. The highest BCUT2D eigenvalue weighted by Gasteiger charge is 2.33. The van der Waals surface area contributed by atoms with E-state index >= 15 is 0 Å². The molecule has 0 spiro atoms. The maximum Gasteiger partial charge on any atom is 0.272 e. The lowest BCUT2D eigenvalue weighted by atomic mass is 10.00. The second-order valence-electron chi connectivity index (χ2n) is 9.27. The van der Waals surface area contributed by atoms with Crippen LogP contribution >= 0.6 is 23.2 Å². The van der Waals surface area contributed by atoms with Gasteiger partial charge >= 0.3 is 0 Å². The van der Waals surface area contributed by atoms with Gasteiger partial charge in [0.25, 0.3) is 5.91 Å². The zero-order valence-electron chi connectivity index (χ0n) is 20.3. The Labute approximate surface area is 218 Å². The number of hydrogen-bond acceptors (Lipinski definition) is 6. The molecule has 9 nitrogen and oxygen atoms in total. The van der Waals surface area contributed by atoms with Crippen molar-refractivity contribution in [3.8, 4) is 22.7 Å². The van der Waals surface area contributed by atoms with Crippen molar-refractivity contribution >= 4 is 29.1 Å². The van der Waals surface area contributed by atoms with E-state index < -0.39 is 5.54 Å². The van der Waals surface area contributed by atoms with Crippen LogP contribution in [0.2, 0.25) is 10.0 Å². The minimum absolute atomic E-state index is 0.319. The maximum atomic E-state index is 13.7. The summed E-state index contributed by atoms with van der Waals surface area (Å²) in [6.07, 6.45) is 2.36. The Bertz CT molecular complexity index is 1480. The number of hydrogen-bond donors (Lipinski definition) is 1. The van der Waals surface area contributed by atoms with Gasteiger partial charge in [-0.1, -0.05) is 23.2 Å². The van der Waals surface area contributed by atoms with Crippen molar-refractivity contribution in [2.75, 3.05) is 7.11 Å². The molecule has 186 valence electrons. The summed E-state index contributed by atoms with van der Waals surface area (Å²) in [4.78, 5) is 13.7. The first-order valence-corrected chi connectivity index (χ1v) is 12.2. The van der Waals surface area contributed by atoms with E-state index in [4.69, 9.17) is 33.0 Å². The van der Waals surface area contributed by atoms with E-state index in [9.17, 15) is 4.79 Å². The fourth-order valence-corrected chi connectivity index (χ4v) is 5.21. The Morgan fingerprint density at radius 1 is 1.14 bits per heavy atom. The first-order chi connectivity index (χ1) is 17.2. The van der Waals surface area contributed by atoms with Crippen LogP contribution in [0.5, 0.6) is 5.75 Å². The van der Waals surface area contributed by atoms with Crippen molar-refractivity contribution in [1.29, 1.82) is 0 Å². The molecule has 5 rings (SSSR count). The lowest BCUT2D eigenvalue weighted by molar-refractivity contribution is 0.0900. The van der Waals surface area contributed by atoms with Gasteiger partial charge in [0.05, 0.1) is 29.1 Å². The van der Waals surface area contributed by atoms with Crippen LogP contribution < -0.4 is 10.1 Å². The molecule has 36 heavy (non-hydrogen) atoms. The van der Waals surface area contributed by atoms with Gasteiger partial charge in [0.15, 0.2) is 11.5 Å². The summed E-state index contributed by atoms with van der Waals surface area (Å²) < 4.78 is 8.74. The Morgan fingerprint density at radius 2 is 1.94 bits per heavy atom. The Kier molecular flexibility index (Phi) is 6.22. The molecule has 0 aliphatic heterocycles. The number of ether oxygens (including phenoxy) is 1. The molecule has 1 N–H and O–H groups in total. The van der Waals surface area contributed by atoms with Gasteiger partial charge in [0.1, 0.15) is 5.75 Å². The minimum Gasteiger partial charge on any atom is -0.497 e. The van der Waals surface area contributed by atoms with E-state index in [1.54, 1.807) is 31.0 Å². The highest BCUT2D eigenvalue weighted by molar-refractivity contribution is 6.35. The number of fused-ring (bicyclic) bond motifs is 3. The van der Waals surface area contributed by atoms with Gasteiger partial charge in [-0.15, -0.1) is 5.10 Å². The molecule has 0 atom stereocenters. The molecular formula is C25H25Cl2N7O2. The van der Waals surface area contributed by atoms with E-state index in [0.29, 0.717) is 33.7 Å². The predicted octanol–water partition coefficient (Wildman–Crippen LogP) is 4.53. The van der Waals surface area contributed by atoms with E-state index in [0.717, 1.165) is 41.0 Å². The van der Waals surface area contributed by atoms with Gasteiger partial charge in [0.2, 0.25) is 0 Å². The third-order valence-electron chi connectivity index (χ3n) is 6.38. The average molecular weight is 526 g/mol. The molecule has 1 aliphatic rings. The van der Waals surface area contributed by atoms with Gasteiger partial charge in [-0.2, -0.15) is 5.10 Å². The molecule has 1 amide bonds. The van der Waals surface area contributed by atoms with Gasteiger partial charge in [-0.3, -0.25) is 4.79 Å². The normalized spacial score (nSPS) is 13.1. The number of methoxy groups -OCH3 is 1. The van der Waals surface area contributed by atoms with Crippen LogP contribution in [0.4, 0.5) is 0 Å². The smallest absolute Gasteiger partial charge is 0.272 e. The number of aromatic nitrogens is 6. The molecule has 0 bridgehead atoms. The second kappa shape index (κ2) is 9.22. The lowest BCUT2D eigenvalue weighted by Crippen LogP contribution is -2.43. The third kappa shape index (κ3) is 4.22. The van der Waals surface area contributed by atoms with Crippen molar-refractivity contribution in [3.63, 3.8) is 0 Å². The van der Waals surface area contributed by atoms with Crippen molar-refractivity contribution < 1.29 is 9.53 Å². The lowest BCUT2D eigenvalue weighted by Gasteiger charge is -2.24. The minimum atomic E-state index is -0.833. The SMILES string of the molecule is COc1ccc2c(c1)CCCc1c(C(=O)NC(C)(C)c3nnnn3C)nn(-c3ccc(Cl)cc3Cl)c1-2. The number of carbonyl (C=O) groups excluding carboxylic acids is 1. The number of rotatable bonds is 5. The molecule has 2 aromatic carbocycles. The number of benzene rings is 2. The molecule has 4 aromatic rings. The van der Waals surface area contributed by atoms with Gasteiger partial charge in [0, 0.05) is 23.2 Å². The molecule has 0 saturated heterocycles. The van der Waals surface area contributed by atoms with Crippen LogP contribution in [-0.2, 0) is 25.4 Å². The average Bonchev–Trinajstić information content (AvgIpc) is 3.38. The largest absolute Gasteiger partial charge is 0.497 e. The summed E-state index contributed by atoms with van der Waals surface area (Å²) in [5.41, 5.74) is 3.93. The van der Waals surface area contributed by atoms with Gasteiger partial charge < -0.3 is 10.1 Å². The van der Waals surface area contributed by atoms with Crippen molar-refractivity contribution in [2.45, 2.75) is 38.6 Å². The molecule has 1 aliphatic carbocycles. The van der Waals surface area contributed by atoms with Crippen LogP contribution in [0.1, 0.15) is 47.7 Å². The molecule has 0 radical (unpaired) electrons. The quantitative estimate of drug-likeness (QED) is 0.410. The first kappa shape index (κ1) is 24.3. The fourth-order valence-electron chi connectivity index (χ4n) is 4.72. The van der Waals surface area contributed by atoms with Crippen molar-refractivity contribution in [1.82, 2.24) is 35.3 Å². The Morgan fingerprint density at radius 3 is 2.64 bits per heavy atom. The van der Waals surface area contributed by atoms with Crippen molar-refractivity contribution in [2.24, 2.45) is 7.05 Å². The first-order valence-electron chi connectivity index (χ1n) is 11.5. The molecule has 2 aromatic heterocycles. The maximum absolute atomic E-state index is 13.7. The molecule has 2 heterocycles. The number of aryl methyl sites for hydroxylation is 2. The van der Waals surface area contributed by atoms with Gasteiger partial charge in [-0.25, -0.2) is 9.36 Å². The highest BCUT2D eigenvalue weighted by Crippen LogP contribution is 2.39. The van der Waals surface area contributed by atoms with E-state index in [-0.39, 0.29) is 5.91 Å². The molecule has 0 unspecified atom stereocenters. The van der Waals surface area contributed by atoms with Crippen LogP contribution in [0.25, 0.3) is 16.9 Å². The van der Waals surface area contributed by atoms with E-state index in [1.165, 1.54) is 4.68 Å². The number of amides is 1. The molecule has 11 heteroatoms.